The molecule has 0 aromatic heterocycles. The van der Waals surface area contributed by atoms with E-state index in [9.17, 15) is 0 Å². The number of fused-ring (bicyclic) bond motifs is 16. The summed E-state index contributed by atoms with van der Waals surface area (Å²) >= 11 is 0. The second kappa shape index (κ2) is 30.3. The molecule has 0 unspecified atom stereocenters. The van der Waals surface area contributed by atoms with E-state index in [-0.39, 0.29) is 40.3 Å². The maximum absolute atomic E-state index is 4.23. The van der Waals surface area contributed by atoms with Gasteiger partial charge in [0.25, 0.3) is 13.4 Å². The monoisotopic (exact) mass is 1690 g/mol. The third-order valence-corrected chi connectivity index (χ3v) is 30.2. The molecule has 19 aromatic rings. The Balaban J connectivity index is 0.625. The van der Waals surface area contributed by atoms with Gasteiger partial charge in [0.05, 0.1) is 0 Å². The molecule has 134 heavy (non-hydrogen) atoms. The molecule has 0 saturated heterocycles. The maximum atomic E-state index is 4.23. The number of para-hydroxylation sites is 5. The SMILES string of the molecule is C=Cc1ccc(-c2cccc(B3c4cc(-c5ccc(C=C)cc5)ccc4N4c5cccc6c5B(c5cccc3c54)c3cc(-c4ccc(C=C)cc4)cc4c3N6c3ccccc3B4c3cccc(-c4cccc(B5c6ccccc6N6c7cc(-c8ccc(C=C)cc8)cc8c7B(c7cccc5c76)c5cc(-c6ccc(C=C)cc6)cc6c5N8c5ccccc5B6c5ccccc5)c4)c3)c2)cc1. The Bertz CT molecular complexity index is 8290. The molecule has 0 saturated carbocycles. The average molecular weight is 1690 g/mol. The first-order chi connectivity index (χ1) is 66.2. The third-order valence-electron chi connectivity index (χ3n) is 30.2. The fraction of sp³-hybridized carbons (Fsp3) is 0. The van der Waals surface area contributed by atoms with Crippen LogP contribution in [0.3, 0.4) is 0 Å². The molecule has 0 N–H and O–H groups in total. The number of benzene rings is 19. The molecule has 616 valence electrons. The van der Waals surface area contributed by atoms with E-state index in [0.29, 0.717) is 0 Å². The van der Waals surface area contributed by atoms with Crippen LogP contribution >= 0.6 is 0 Å². The summed E-state index contributed by atoms with van der Waals surface area (Å²) in [4.78, 5) is 10.6. The molecule has 0 fully saturated rings. The highest BCUT2D eigenvalue weighted by Crippen LogP contribution is 2.51. The summed E-state index contributed by atoms with van der Waals surface area (Å²) in [7, 11) is 0. The van der Waals surface area contributed by atoms with E-state index < -0.39 is 0 Å². The maximum Gasteiger partial charge on any atom is 0.252 e. The molecule has 0 atom stereocenters. The predicted octanol–water partition coefficient (Wildman–Crippen LogP) is 18.4. The number of rotatable bonds is 15. The highest BCUT2D eigenvalue weighted by atomic mass is 15.2. The van der Waals surface area contributed by atoms with Gasteiger partial charge in [-0.2, -0.15) is 0 Å². The lowest BCUT2D eigenvalue weighted by molar-refractivity contribution is 1.26. The first kappa shape index (κ1) is 77.4. The summed E-state index contributed by atoms with van der Waals surface area (Å²) in [6.07, 6.45) is 9.67. The van der Waals surface area contributed by atoms with Crippen molar-refractivity contribution in [1.29, 1.82) is 0 Å². The minimum absolute atomic E-state index is 0.0421. The molecular formula is C124H82B6N4. The molecule has 0 aliphatic carbocycles. The predicted molar refractivity (Wildman–Crippen MR) is 582 cm³/mol. The number of hydrogen-bond donors (Lipinski definition) is 0. The standard InChI is InChI=1S/C124H82B6N4/c1-6-78-46-56-83(57-47-78)88-26-20-33-98(68-88)128-103-38-24-39-104-121(103)132(114-67-66-91(71-106(114)128)84-58-48-79(7-2)49-59-84)116-45-25-44-115-119(116)129(104)109-74-93(86-62-52-81(9-4)53-63-86)73-108-123(109)131(115)111-41-17-16-36-101(111)127(108)97-32-22-28-90(70-97)89-27-21-31-96(69-89)126-100-35-15-19-43-113(100)133-117-76-94(87-64-54-82(10-5)55-65-87)77-118-120(117)130(105-40-23-37-102(126)122(105)133)110-75-92(85-60-50-80(8-3)51-61-85)72-107-124(110)134(118)112-42-18-14-34-99(112)125(107)95-29-12-11-13-30-95/h6-77H,1-5H2. The van der Waals surface area contributed by atoms with Crippen molar-refractivity contribution in [3.05, 3.63) is 467 Å². The Morgan fingerprint density at radius 2 is 0.388 bits per heavy atom. The number of nitrogens with zero attached hydrogens (tertiary/aromatic N) is 4. The van der Waals surface area contributed by atoms with Gasteiger partial charge in [-0.05, 0) is 220 Å². The van der Waals surface area contributed by atoms with Crippen LogP contribution in [0.2, 0.25) is 0 Å². The van der Waals surface area contributed by atoms with Crippen LogP contribution in [0.5, 0.6) is 0 Å². The number of anilines is 12. The van der Waals surface area contributed by atoms with Crippen molar-refractivity contribution in [1.82, 2.24) is 0 Å². The summed E-state index contributed by atoms with van der Waals surface area (Å²) in [6.45, 7) is 20.0. The largest absolute Gasteiger partial charge is 0.312 e. The van der Waals surface area contributed by atoms with Crippen LogP contribution < -0.4 is 118 Å². The molecule has 8 aliphatic heterocycles. The normalized spacial score (nSPS) is 13.4. The molecule has 0 bridgehead atoms. The van der Waals surface area contributed by atoms with Crippen LogP contribution in [-0.2, 0) is 0 Å². The molecule has 8 aliphatic rings. The summed E-state index contributed by atoms with van der Waals surface area (Å²) in [5.41, 5.74) is 57.0. The van der Waals surface area contributed by atoms with Crippen molar-refractivity contribution < 1.29 is 0 Å². The summed E-state index contributed by atoms with van der Waals surface area (Å²) in [6, 6.07) is 156. The highest BCUT2D eigenvalue weighted by molar-refractivity contribution is 7.07. The van der Waals surface area contributed by atoms with Crippen LogP contribution in [0.1, 0.15) is 27.8 Å². The lowest BCUT2D eigenvalue weighted by atomic mass is 9.28. The van der Waals surface area contributed by atoms with Crippen molar-refractivity contribution in [3.8, 4) is 66.8 Å². The fourth-order valence-electron chi connectivity index (χ4n) is 24.3. The molecule has 0 radical (unpaired) electrons. The van der Waals surface area contributed by atoms with Crippen molar-refractivity contribution in [3.63, 3.8) is 0 Å². The van der Waals surface area contributed by atoms with Crippen LogP contribution in [-0.4, -0.2) is 40.3 Å². The quantitative estimate of drug-likeness (QED) is 0.0949. The molecule has 0 spiro atoms. The van der Waals surface area contributed by atoms with Crippen molar-refractivity contribution in [2.75, 3.05) is 19.6 Å². The molecule has 0 amide bonds. The van der Waals surface area contributed by atoms with Crippen molar-refractivity contribution in [2.45, 2.75) is 0 Å². The van der Waals surface area contributed by atoms with Gasteiger partial charge in [0, 0.05) is 68.2 Å². The van der Waals surface area contributed by atoms with Gasteiger partial charge >= 0.3 is 0 Å². The van der Waals surface area contributed by atoms with E-state index in [1.54, 1.807) is 0 Å². The first-order valence-corrected chi connectivity index (χ1v) is 46.8. The Kier molecular flexibility index (Phi) is 17.5. The van der Waals surface area contributed by atoms with E-state index in [1.165, 1.54) is 211 Å². The van der Waals surface area contributed by atoms with Crippen LogP contribution in [0.15, 0.2) is 439 Å². The molecule has 27 rings (SSSR count). The minimum Gasteiger partial charge on any atom is -0.312 e. The lowest BCUT2D eigenvalue weighted by Gasteiger charge is -2.50. The first-order valence-electron chi connectivity index (χ1n) is 46.8. The van der Waals surface area contributed by atoms with Gasteiger partial charge in [0.15, 0.2) is 0 Å². The molecule has 8 heterocycles. The summed E-state index contributed by atoms with van der Waals surface area (Å²) in [5.74, 6) is 0. The summed E-state index contributed by atoms with van der Waals surface area (Å²) < 4.78 is 0. The third kappa shape index (κ3) is 11.6. The van der Waals surface area contributed by atoms with E-state index >= 15 is 0 Å². The Hall–Kier alpha value is -16.5. The van der Waals surface area contributed by atoms with Gasteiger partial charge in [-0.3, -0.25) is 0 Å². The van der Waals surface area contributed by atoms with E-state index in [0.717, 1.165) is 50.1 Å². The summed E-state index contributed by atoms with van der Waals surface area (Å²) in [5, 5.41) is 0. The molecule has 4 nitrogen and oxygen atoms in total. The van der Waals surface area contributed by atoms with Gasteiger partial charge < -0.3 is 19.6 Å². The Morgan fingerprint density at radius 1 is 0.149 bits per heavy atom. The highest BCUT2D eigenvalue weighted by Gasteiger charge is 2.54. The van der Waals surface area contributed by atoms with E-state index in [4.69, 9.17) is 0 Å². The van der Waals surface area contributed by atoms with Crippen molar-refractivity contribution >= 4 is 237 Å². The number of hydrogen-bond acceptors (Lipinski definition) is 4. The van der Waals surface area contributed by atoms with Crippen molar-refractivity contribution in [2.24, 2.45) is 0 Å². The van der Waals surface area contributed by atoms with Gasteiger partial charge in [-0.1, -0.05) is 443 Å². The van der Waals surface area contributed by atoms with Crippen LogP contribution in [0, 0.1) is 0 Å². The van der Waals surface area contributed by atoms with Crippen LogP contribution in [0.4, 0.5) is 68.2 Å². The zero-order valence-corrected chi connectivity index (χ0v) is 73.9. The minimum atomic E-state index is -0.169. The van der Waals surface area contributed by atoms with Crippen LogP contribution in [0.25, 0.3) is 97.1 Å². The smallest absolute Gasteiger partial charge is 0.252 e. The van der Waals surface area contributed by atoms with Gasteiger partial charge in [-0.15, -0.1) is 0 Å². The second-order valence-corrected chi connectivity index (χ2v) is 37.0. The second-order valence-electron chi connectivity index (χ2n) is 37.0. The van der Waals surface area contributed by atoms with Gasteiger partial charge in [-0.25, -0.2) is 0 Å². The van der Waals surface area contributed by atoms with E-state index in [2.05, 4.69) is 459 Å². The van der Waals surface area contributed by atoms with Gasteiger partial charge in [0.1, 0.15) is 0 Å². The Labute approximate surface area is 785 Å². The molecule has 19 aromatic carbocycles. The molecular weight excluding hydrogens is 1610 g/mol. The average Bonchev–Trinajstić information content (AvgIpc) is 0.674. The van der Waals surface area contributed by atoms with E-state index in [1.807, 2.05) is 30.4 Å². The Morgan fingerprint density at radius 3 is 0.784 bits per heavy atom. The zero-order chi connectivity index (χ0) is 88.8. The topological polar surface area (TPSA) is 13.0 Å². The fourth-order valence-corrected chi connectivity index (χ4v) is 24.3. The molecule has 10 heteroatoms. The lowest BCUT2D eigenvalue weighted by Crippen LogP contribution is -2.69. The van der Waals surface area contributed by atoms with Gasteiger partial charge in [0.2, 0.25) is 26.9 Å². The zero-order valence-electron chi connectivity index (χ0n) is 73.9.